The van der Waals surface area contributed by atoms with E-state index in [2.05, 4.69) is 24.5 Å². The third-order valence-corrected chi connectivity index (χ3v) is 6.21. The van der Waals surface area contributed by atoms with Gasteiger partial charge in [0.05, 0.1) is 5.56 Å². The van der Waals surface area contributed by atoms with E-state index in [0.29, 0.717) is 5.75 Å². The molecule has 1 aromatic rings. The van der Waals surface area contributed by atoms with E-state index in [1.54, 1.807) is 12.1 Å². The molecule has 9 heteroatoms. The fraction of sp³-hybridized carbons (Fsp3) is 0.583. The monoisotopic (exact) mass is 459 g/mol. The normalized spacial score (nSPS) is 20.7. The molecule has 1 saturated heterocycles. The number of hydrogen-bond donors (Lipinski definition) is 2. The zero-order chi connectivity index (χ0) is 23.8. The molecular weight excluding hydrogens is 426 g/mol. The van der Waals surface area contributed by atoms with Crippen LogP contribution in [-0.2, 0) is 14.3 Å². The third kappa shape index (κ3) is 7.20. The first-order chi connectivity index (χ1) is 15.8. The van der Waals surface area contributed by atoms with Crippen LogP contribution in [-0.4, -0.2) is 60.1 Å². The predicted molar refractivity (Wildman–Crippen MR) is 121 cm³/mol. The number of rotatable bonds is 7. The quantitative estimate of drug-likeness (QED) is 0.606. The molecule has 1 saturated carbocycles. The van der Waals surface area contributed by atoms with Gasteiger partial charge in [-0.15, -0.1) is 0 Å². The molecule has 180 valence electrons. The Morgan fingerprint density at radius 1 is 0.909 bits per heavy atom. The predicted octanol–water partition coefficient (Wildman–Crippen LogP) is 2.78. The summed E-state index contributed by atoms with van der Waals surface area (Å²) in [7, 11) is 0. The zero-order valence-corrected chi connectivity index (χ0v) is 19.3. The van der Waals surface area contributed by atoms with Gasteiger partial charge in [-0.3, -0.25) is 14.9 Å². The van der Waals surface area contributed by atoms with Gasteiger partial charge in [-0.1, -0.05) is 12.8 Å². The van der Waals surface area contributed by atoms with Crippen LogP contribution in [0.4, 0.5) is 4.79 Å². The smallest absolute Gasteiger partial charge is 0.338 e. The van der Waals surface area contributed by atoms with Crippen LogP contribution >= 0.6 is 0 Å². The highest BCUT2D eigenvalue weighted by molar-refractivity contribution is 5.97. The fourth-order valence-corrected chi connectivity index (χ4v) is 4.49. The first-order valence-electron chi connectivity index (χ1n) is 11.6. The highest BCUT2D eigenvalue weighted by Gasteiger charge is 2.29. The number of imide groups is 1. The number of piperidine rings is 1. The van der Waals surface area contributed by atoms with Crippen molar-refractivity contribution >= 4 is 23.8 Å². The Labute approximate surface area is 194 Å². The molecule has 1 aliphatic heterocycles. The lowest BCUT2D eigenvalue weighted by molar-refractivity contribution is -0.139. The van der Waals surface area contributed by atoms with Crippen LogP contribution in [0.25, 0.3) is 0 Å². The van der Waals surface area contributed by atoms with Crippen LogP contribution < -0.4 is 15.4 Å². The summed E-state index contributed by atoms with van der Waals surface area (Å²) in [4.78, 5) is 50.2. The number of carbonyl (C=O) groups excluding carboxylic acids is 4. The average molecular weight is 460 g/mol. The van der Waals surface area contributed by atoms with Crippen LogP contribution in [0.15, 0.2) is 24.3 Å². The molecule has 3 rings (SSSR count). The Balaban J connectivity index is 1.39. The molecule has 33 heavy (non-hydrogen) atoms. The molecule has 2 N–H and O–H groups in total. The van der Waals surface area contributed by atoms with Crippen molar-refractivity contribution in [2.75, 3.05) is 13.2 Å². The molecule has 1 heterocycles. The van der Waals surface area contributed by atoms with E-state index in [1.165, 1.54) is 12.1 Å². The molecule has 0 bridgehead atoms. The number of likely N-dealkylation sites (tertiary alicyclic amines) is 1. The Hall–Kier alpha value is -3.10. The van der Waals surface area contributed by atoms with Crippen LogP contribution in [0.1, 0.15) is 69.2 Å². The van der Waals surface area contributed by atoms with Crippen molar-refractivity contribution in [2.24, 2.45) is 0 Å². The number of amides is 4. The van der Waals surface area contributed by atoms with E-state index >= 15 is 0 Å². The average Bonchev–Trinajstić information content (AvgIpc) is 3.29. The van der Waals surface area contributed by atoms with Crippen molar-refractivity contribution < 1.29 is 28.7 Å². The van der Waals surface area contributed by atoms with Crippen molar-refractivity contribution in [3.63, 3.8) is 0 Å². The van der Waals surface area contributed by atoms with Gasteiger partial charge in [-0.25, -0.2) is 9.59 Å². The maximum atomic E-state index is 12.5. The van der Waals surface area contributed by atoms with Crippen LogP contribution in [0.3, 0.4) is 0 Å². The standard InChI is InChI=1S/C24H33N3O6/c1-16-6-5-7-17(2)27(16)22(29)15-32-20-12-10-18(11-13-20)23(30)33-14-21(28)26-24(31)25-19-8-3-4-9-19/h10-13,16-17,19H,3-9,14-15H2,1-2H3,(H2,25,26,28,31). The summed E-state index contributed by atoms with van der Waals surface area (Å²) in [5.74, 6) is -0.988. The maximum absolute atomic E-state index is 12.5. The molecule has 2 aliphatic rings. The number of ether oxygens (including phenoxy) is 2. The van der Waals surface area contributed by atoms with Crippen molar-refractivity contribution in [1.29, 1.82) is 0 Å². The highest BCUT2D eigenvalue weighted by Crippen LogP contribution is 2.23. The molecule has 0 spiro atoms. The summed E-state index contributed by atoms with van der Waals surface area (Å²) >= 11 is 0. The Morgan fingerprint density at radius 3 is 2.18 bits per heavy atom. The van der Waals surface area contributed by atoms with Gasteiger partial charge in [0.25, 0.3) is 11.8 Å². The Morgan fingerprint density at radius 2 is 1.55 bits per heavy atom. The van der Waals surface area contributed by atoms with E-state index in [4.69, 9.17) is 9.47 Å². The summed E-state index contributed by atoms with van der Waals surface area (Å²) in [6.45, 7) is 3.48. The van der Waals surface area contributed by atoms with Gasteiger partial charge in [0.15, 0.2) is 13.2 Å². The first kappa shape index (κ1) is 24.5. The Bertz CT molecular complexity index is 840. The van der Waals surface area contributed by atoms with E-state index < -0.39 is 24.5 Å². The molecule has 4 amide bonds. The van der Waals surface area contributed by atoms with Crippen molar-refractivity contribution in [1.82, 2.24) is 15.5 Å². The summed E-state index contributed by atoms with van der Waals surface area (Å²) in [5, 5.41) is 4.89. The van der Waals surface area contributed by atoms with Gasteiger partial charge >= 0.3 is 12.0 Å². The number of hydrogen-bond acceptors (Lipinski definition) is 6. The summed E-state index contributed by atoms with van der Waals surface area (Å²) in [6.07, 6.45) is 7.05. The molecule has 2 atom stereocenters. The molecule has 2 unspecified atom stereocenters. The topological polar surface area (TPSA) is 114 Å². The van der Waals surface area contributed by atoms with E-state index in [1.807, 2.05) is 4.90 Å². The minimum atomic E-state index is -0.696. The first-order valence-corrected chi connectivity index (χ1v) is 11.6. The van der Waals surface area contributed by atoms with Gasteiger partial charge in [-0.05, 0) is 70.2 Å². The van der Waals surface area contributed by atoms with E-state index in [9.17, 15) is 19.2 Å². The number of nitrogens with zero attached hydrogens (tertiary/aromatic N) is 1. The van der Waals surface area contributed by atoms with Crippen LogP contribution in [0.2, 0.25) is 0 Å². The molecular formula is C24H33N3O6. The summed E-state index contributed by atoms with van der Waals surface area (Å²) < 4.78 is 10.6. The SMILES string of the molecule is CC1CCCC(C)N1C(=O)COc1ccc(C(=O)OCC(=O)NC(=O)NC2CCCC2)cc1. The third-order valence-electron chi connectivity index (χ3n) is 6.21. The number of nitrogens with one attached hydrogen (secondary N) is 2. The fourth-order valence-electron chi connectivity index (χ4n) is 4.49. The number of esters is 1. The molecule has 1 aliphatic carbocycles. The van der Waals surface area contributed by atoms with Gasteiger partial charge in [-0.2, -0.15) is 0 Å². The second-order valence-corrected chi connectivity index (χ2v) is 8.82. The van der Waals surface area contributed by atoms with Crippen molar-refractivity contribution in [2.45, 2.75) is 76.9 Å². The van der Waals surface area contributed by atoms with Crippen LogP contribution in [0.5, 0.6) is 5.75 Å². The molecule has 0 radical (unpaired) electrons. The largest absolute Gasteiger partial charge is 0.484 e. The van der Waals surface area contributed by atoms with Crippen molar-refractivity contribution in [3.8, 4) is 5.75 Å². The summed E-state index contributed by atoms with van der Waals surface area (Å²) in [6, 6.07) is 6.05. The van der Waals surface area contributed by atoms with Crippen LogP contribution in [0, 0.1) is 0 Å². The lowest BCUT2D eigenvalue weighted by Crippen LogP contribution is -2.49. The lowest BCUT2D eigenvalue weighted by Gasteiger charge is -2.38. The molecule has 0 aromatic heterocycles. The maximum Gasteiger partial charge on any atom is 0.338 e. The lowest BCUT2D eigenvalue weighted by atomic mass is 9.97. The summed E-state index contributed by atoms with van der Waals surface area (Å²) in [5.41, 5.74) is 0.232. The number of carbonyl (C=O) groups is 4. The van der Waals surface area contributed by atoms with E-state index in [0.717, 1.165) is 44.9 Å². The second-order valence-electron chi connectivity index (χ2n) is 8.82. The molecule has 1 aromatic carbocycles. The second kappa shape index (κ2) is 11.7. The number of benzene rings is 1. The minimum absolute atomic E-state index is 0.0545. The Kier molecular flexibility index (Phi) is 8.68. The highest BCUT2D eigenvalue weighted by atomic mass is 16.5. The van der Waals surface area contributed by atoms with Gasteiger partial charge in [0.1, 0.15) is 5.75 Å². The van der Waals surface area contributed by atoms with Crippen molar-refractivity contribution in [3.05, 3.63) is 29.8 Å². The van der Waals surface area contributed by atoms with Gasteiger partial charge in [0.2, 0.25) is 0 Å². The van der Waals surface area contributed by atoms with Gasteiger partial charge in [0, 0.05) is 18.1 Å². The minimum Gasteiger partial charge on any atom is -0.484 e. The van der Waals surface area contributed by atoms with Gasteiger partial charge < -0.3 is 19.7 Å². The zero-order valence-electron chi connectivity index (χ0n) is 19.3. The van der Waals surface area contributed by atoms with E-state index in [-0.39, 0.29) is 36.2 Å². The molecule has 2 fully saturated rings. The number of urea groups is 1. The molecule has 9 nitrogen and oxygen atoms in total.